The van der Waals surface area contributed by atoms with Gasteiger partial charge in [0.2, 0.25) is 0 Å². The predicted octanol–water partition coefficient (Wildman–Crippen LogP) is 4.70. The summed E-state index contributed by atoms with van der Waals surface area (Å²) in [7, 11) is 0. The first-order valence-corrected chi connectivity index (χ1v) is 6.63. The summed E-state index contributed by atoms with van der Waals surface area (Å²) in [4.78, 5) is 13.2. The van der Waals surface area contributed by atoms with E-state index in [1.54, 1.807) is 35.6 Å². The van der Waals surface area contributed by atoms with E-state index < -0.39 is 0 Å². The molecule has 1 nitrogen and oxygen atoms in total. The summed E-state index contributed by atoms with van der Waals surface area (Å²) >= 11 is 10.7. The minimum atomic E-state index is 0.0381. The third-order valence-electron chi connectivity index (χ3n) is 2.24. The van der Waals surface area contributed by atoms with Crippen molar-refractivity contribution in [3.8, 4) is 0 Å². The molecule has 0 unspecified atom stereocenters. The molecule has 0 radical (unpaired) electrons. The molecule has 0 aliphatic rings. The standard InChI is InChI=1S/C12H8BrClOS/c1-7-10(6-11(13)16-7)12(15)8-2-4-9(14)5-3-8/h2-6H,1H3. The number of hydrogen-bond donors (Lipinski definition) is 0. The van der Waals surface area contributed by atoms with Gasteiger partial charge in [0.1, 0.15) is 0 Å². The first-order valence-electron chi connectivity index (χ1n) is 4.64. The predicted molar refractivity (Wildman–Crippen MR) is 71.6 cm³/mol. The van der Waals surface area contributed by atoms with Crippen molar-refractivity contribution in [1.82, 2.24) is 0 Å². The molecule has 0 aliphatic carbocycles. The minimum absolute atomic E-state index is 0.0381. The lowest BCUT2D eigenvalue weighted by atomic mass is 10.0. The van der Waals surface area contributed by atoms with Crippen LogP contribution in [-0.4, -0.2) is 5.78 Å². The second kappa shape index (κ2) is 4.70. The summed E-state index contributed by atoms with van der Waals surface area (Å²) in [5.74, 6) is 0.0381. The van der Waals surface area contributed by atoms with E-state index in [0.717, 1.165) is 14.2 Å². The molecule has 0 N–H and O–H groups in total. The third kappa shape index (κ3) is 2.37. The first kappa shape index (κ1) is 11.8. The number of thiophene rings is 1. The van der Waals surface area contributed by atoms with E-state index in [9.17, 15) is 4.79 Å². The van der Waals surface area contributed by atoms with Crippen LogP contribution in [0.1, 0.15) is 20.8 Å². The number of aryl methyl sites for hydroxylation is 1. The zero-order valence-electron chi connectivity index (χ0n) is 8.46. The van der Waals surface area contributed by atoms with Crippen LogP contribution in [0.15, 0.2) is 34.1 Å². The van der Waals surface area contributed by atoms with Crippen molar-refractivity contribution in [1.29, 1.82) is 0 Å². The molecule has 0 amide bonds. The molecular weight excluding hydrogens is 308 g/mol. The zero-order valence-corrected chi connectivity index (χ0v) is 11.6. The highest BCUT2D eigenvalue weighted by Crippen LogP contribution is 2.28. The van der Waals surface area contributed by atoms with Crippen LogP contribution in [0.3, 0.4) is 0 Å². The second-order valence-corrected chi connectivity index (χ2v) is 6.43. The molecule has 0 bridgehead atoms. The molecule has 0 atom stereocenters. The fraction of sp³-hybridized carbons (Fsp3) is 0.0833. The Morgan fingerprint density at radius 2 is 1.94 bits per heavy atom. The van der Waals surface area contributed by atoms with Crippen LogP contribution in [0, 0.1) is 6.92 Å². The topological polar surface area (TPSA) is 17.1 Å². The van der Waals surface area contributed by atoms with E-state index in [-0.39, 0.29) is 5.78 Å². The van der Waals surface area contributed by atoms with Crippen molar-refractivity contribution in [3.63, 3.8) is 0 Å². The Hall–Kier alpha value is -0.640. The Morgan fingerprint density at radius 3 is 2.44 bits per heavy atom. The molecule has 0 aliphatic heterocycles. The van der Waals surface area contributed by atoms with E-state index in [1.165, 1.54) is 0 Å². The summed E-state index contributed by atoms with van der Waals surface area (Å²) in [6.07, 6.45) is 0. The van der Waals surface area contributed by atoms with Gasteiger partial charge in [0, 0.05) is 21.0 Å². The van der Waals surface area contributed by atoms with E-state index in [0.29, 0.717) is 10.6 Å². The van der Waals surface area contributed by atoms with Gasteiger partial charge in [0.25, 0.3) is 0 Å². The number of benzene rings is 1. The number of ketones is 1. The summed E-state index contributed by atoms with van der Waals surface area (Å²) in [5.41, 5.74) is 1.41. The lowest BCUT2D eigenvalue weighted by Gasteiger charge is -1.99. The average Bonchev–Trinajstić information content (AvgIpc) is 2.58. The molecule has 0 saturated carbocycles. The Labute approximate surface area is 111 Å². The van der Waals surface area contributed by atoms with Crippen LogP contribution in [0.4, 0.5) is 0 Å². The molecule has 1 aromatic heterocycles. The summed E-state index contributed by atoms with van der Waals surface area (Å²) in [6, 6.07) is 8.80. The molecule has 0 fully saturated rings. The largest absolute Gasteiger partial charge is 0.289 e. The van der Waals surface area contributed by atoms with Crippen molar-refractivity contribution in [2.45, 2.75) is 6.92 Å². The van der Waals surface area contributed by atoms with E-state index in [1.807, 2.05) is 13.0 Å². The average molecular weight is 316 g/mol. The van der Waals surface area contributed by atoms with Crippen LogP contribution < -0.4 is 0 Å². The van der Waals surface area contributed by atoms with Gasteiger partial charge in [-0.05, 0) is 53.2 Å². The lowest BCUT2D eigenvalue weighted by Crippen LogP contribution is -2.00. The molecule has 1 aromatic carbocycles. The van der Waals surface area contributed by atoms with Gasteiger partial charge in [0.05, 0.1) is 3.79 Å². The first-order chi connectivity index (χ1) is 7.58. The summed E-state index contributed by atoms with van der Waals surface area (Å²) < 4.78 is 0.974. The van der Waals surface area contributed by atoms with Gasteiger partial charge < -0.3 is 0 Å². The third-order valence-corrected chi connectivity index (χ3v) is 4.04. The normalized spacial score (nSPS) is 10.4. The molecule has 2 rings (SSSR count). The monoisotopic (exact) mass is 314 g/mol. The maximum Gasteiger partial charge on any atom is 0.194 e. The molecule has 82 valence electrons. The molecule has 0 saturated heterocycles. The fourth-order valence-corrected chi connectivity index (χ4v) is 3.24. The molecular formula is C12H8BrClOS. The lowest BCUT2D eigenvalue weighted by molar-refractivity contribution is 0.103. The van der Waals surface area contributed by atoms with Crippen molar-refractivity contribution < 1.29 is 4.79 Å². The summed E-state index contributed by atoms with van der Waals surface area (Å²) in [6.45, 7) is 1.94. The Balaban J connectivity index is 2.39. The molecule has 2 aromatic rings. The van der Waals surface area contributed by atoms with Crippen molar-refractivity contribution in [2.75, 3.05) is 0 Å². The number of carbonyl (C=O) groups excluding carboxylic acids is 1. The number of carbonyl (C=O) groups is 1. The fourth-order valence-electron chi connectivity index (χ4n) is 1.43. The molecule has 4 heteroatoms. The van der Waals surface area contributed by atoms with E-state index in [2.05, 4.69) is 15.9 Å². The molecule has 0 spiro atoms. The number of halogens is 2. The van der Waals surface area contributed by atoms with Crippen LogP contribution in [0.2, 0.25) is 5.02 Å². The maximum atomic E-state index is 12.1. The highest BCUT2D eigenvalue weighted by molar-refractivity contribution is 9.11. The number of rotatable bonds is 2. The van der Waals surface area contributed by atoms with Crippen LogP contribution in [0.25, 0.3) is 0 Å². The molecule has 1 heterocycles. The van der Waals surface area contributed by atoms with E-state index >= 15 is 0 Å². The van der Waals surface area contributed by atoms with Crippen molar-refractivity contribution in [2.24, 2.45) is 0 Å². The second-order valence-electron chi connectivity index (χ2n) is 3.36. The van der Waals surface area contributed by atoms with Crippen LogP contribution in [-0.2, 0) is 0 Å². The van der Waals surface area contributed by atoms with Crippen molar-refractivity contribution in [3.05, 3.63) is 55.1 Å². The highest BCUT2D eigenvalue weighted by atomic mass is 79.9. The van der Waals surface area contributed by atoms with Gasteiger partial charge in [0.15, 0.2) is 5.78 Å². The van der Waals surface area contributed by atoms with Crippen LogP contribution in [0.5, 0.6) is 0 Å². The zero-order chi connectivity index (χ0) is 11.7. The van der Waals surface area contributed by atoms with Gasteiger partial charge in [-0.1, -0.05) is 11.6 Å². The SMILES string of the molecule is Cc1sc(Br)cc1C(=O)c1ccc(Cl)cc1. The Bertz CT molecular complexity index is 530. The summed E-state index contributed by atoms with van der Waals surface area (Å²) in [5, 5.41) is 0.639. The maximum absolute atomic E-state index is 12.1. The van der Waals surface area contributed by atoms with Crippen LogP contribution >= 0.6 is 38.9 Å². The highest BCUT2D eigenvalue weighted by Gasteiger charge is 2.14. The van der Waals surface area contributed by atoms with Gasteiger partial charge in [-0.3, -0.25) is 4.79 Å². The number of hydrogen-bond acceptors (Lipinski definition) is 2. The van der Waals surface area contributed by atoms with Gasteiger partial charge in [-0.15, -0.1) is 11.3 Å². The quantitative estimate of drug-likeness (QED) is 0.734. The van der Waals surface area contributed by atoms with Gasteiger partial charge in [-0.2, -0.15) is 0 Å². The minimum Gasteiger partial charge on any atom is -0.289 e. The van der Waals surface area contributed by atoms with Gasteiger partial charge >= 0.3 is 0 Å². The Morgan fingerprint density at radius 1 is 1.31 bits per heavy atom. The van der Waals surface area contributed by atoms with Crippen molar-refractivity contribution >= 4 is 44.7 Å². The smallest absolute Gasteiger partial charge is 0.194 e. The van der Waals surface area contributed by atoms with Gasteiger partial charge in [-0.25, -0.2) is 0 Å². The molecule has 16 heavy (non-hydrogen) atoms. The van der Waals surface area contributed by atoms with E-state index in [4.69, 9.17) is 11.6 Å². The Kier molecular flexibility index (Phi) is 3.47.